The third-order valence-corrected chi connectivity index (χ3v) is 6.78. The fraction of sp³-hybridized carbons (Fsp3) is 0.750. The summed E-state index contributed by atoms with van der Waals surface area (Å²) in [6.07, 6.45) is 8.57. The summed E-state index contributed by atoms with van der Waals surface area (Å²) < 4.78 is 25.3. The minimum absolute atomic E-state index is 0.114. The first kappa shape index (κ1) is 16.4. The van der Waals surface area contributed by atoms with Gasteiger partial charge < -0.3 is 0 Å². The summed E-state index contributed by atoms with van der Waals surface area (Å²) in [5.41, 5.74) is 0. The van der Waals surface area contributed by atoms with Gasteiger partial charge in [-0.05, 0) is 43.7 Å². The van der Waals surface area contributed by atoms with Crippen LogP contribution >= 0.6 is 11.3 Å². The Hall–Kier alpha value is -0.430. The van der Waals surface area contributed by atoms with Crippen molar-refractivity contribution in [3.8, 4) is 0 Å². The molecule has 2 heterocycles. The van der Waals surface area contributed by atoms with Gasteiger partial charge in [-0.2, -0.15) is 0 Å². The zero-order chi connectivity index (χ0) is 15.6. The van der Waals surface area contributed by atoms with Crippen LogP contribution < -0.4 is 4.72 Å². The Morgan fingerprint density at radius 3 is 2.50 bits per heavy atom. The van der Waals surface area contributed by atoms with Crippen LogP contribution in [0.5, 0.6) is 0 Å². The van der Waals surface area contributed by atoms with Crippen molar-refractivity contribution >= 4 is 21.4 Å². The van der Waals surface area contributed by atoms with Crippen molar-refractivity contribution in [1.29, 1.82) is 0 Å². The summed E-state index contributed by atoms with van der Waals surface area (Å²) in [5.74, 6) is 0.809. The van der Waals surface area contributed by atoms with Crippen LogP contribution in [0.3, 0.4) is 0 Å². The van der Waals surface area contributed by atoms with Crippen LogP contribution in [0.1, 0.15) is 54.2 Å². The molecule has 0 amide bonds. The van der Waals surface area contributed by atoms with Gasteiger partial charge in [0, 0.05) is 35.4 Å². The fourth-order valence-corrected chi connectivity index (χ4v) is 5.71. The molecular formula is C16H26N2O2S2. The van der Waals surface area contributed by atoms with Gasteiger partial charge in [0.2, 0.25) is 10.0 Å². The molecule has 22 heavy (non-hydrogen) atoms. The first-order chi connectivity index (χ1) is 10.5. The molecule has 6 heteroatoms. The molecule has 124 valence electrons. The summed E-state index contributed by atoms with van der Waals surface area (Å²) in [6.45, 7) is 2.97. The van der Waals surface area contributed by atoms with Crippen molar-refractivity contribution in [3.05, 3.63) is 21.9 Å². The molecule has 1 aromatic rings. The topological polar surface area (TPSA) is 49.4 Å². The highest BCUT2D eigenvalue weighted by Gasteiger charge is 2.23. The zero-order valence-electron chi connectivity index (χ0n) is 13.3. The third kappa shape index (κ3) is 4.54. The van der Waals surface area contributed by atoms with E-state index in [2.05, 4.69) is 21.8 Å². The average molecular weight is 343 g/mol. The molecular weight excluding hydrogens is 316 g/mol. The average Bonchev–Trinajstić information content (AvgIpc) is 3.10. The van der Waals surface area contributed by atoms with Crippen molar-refractivity contribution in [2.75, 3.05) is 19.3 Å². The first-order valence-electron chi connectivity index (χ1n) is 8.28. The number of nitrogens with zero attached hydrogens (tertiary/aromatic N) is 1. The maximum Gasteiger partial charge on any atom is 0.208 e. The highest BCUT2D eigenvalue weighted by Crippen LogP contribution is 2.37. The Balaban J connectivity index is 1.48. The predicted molar refractivity (Wildman–Crippen MR) is 91.8 cm³/mol. The molecule has 1 aromatic heterocycles. The number of nitrogens with one attached hydrogen (secondary N) is 1. The highest BCUT2D eigenvalue weighted by molar-refractivity contribution is 7.88. The molecule has 2 aliphatic rings. The van der Waals surface area contributed by atoms with Crippen LogP contribution in [0.2, 0.25) is 0 Å². The van der Waals surface area contributed by atoms with Gasteiger partial charge in [-0.3, -0.25) is 4.90 Å². The first-order valence-corrected chi connectivity index (χ1v) is 11.0. The molecule has 0 bridgehead atoms. The minimum atomic E-state index is -3.07. The highest BCUT2D eigenvalue weighted by atomic mass is 32.2. The van der Waals surface area contributed by atoms with E-state index < -0.39 is 10.0 Å². The Bertz CT molecular complexity index is 583. The lowest BCUT2D eigenvalue weighted by Gasteiger charge is -2.31. The van der Waals surface area contributed by atoms with E-state index >= 15 is 0 Å². The molecule has 3 rings (SSSR count). The van der Waals surface area contributed by atoms with E-state index in [0.29, 0.717) is 0 Å². The molecule has 1 saturated carbocycles. The monoisotopic (exact) mass is 342 g/mol. The molecule has 1 N–H and O–H groups in total. The number of hydrogen-bond donors (Lipinski definition) is 1. The third-order valence-electron chi connectivity index (χ3n) is 4.79. The normalized spacial score (nSPS) is 22.4. The maximum absolute atomic E-state index is 11.3. The lowest BCUT2D eigenvalue weighted by Crippen LogP contribution is -2.43. The minimum Gasteiger partial charge on any atom is -0.298 e. The van der Waals surface area contributed by atoms with Gasteiger partial charge in [0.25, 0.3) is 0 Å². The van der Waals surface area contributed by atoms with Gasteiger partial charge in [0.15, 0.2) is 0 Å². The Labute approximate surface area is 138 Å². The van der Waals surface area contributed by atoms with Crippen molar-refractivity contribution in [2.24, 2.45) is 0 Å². The molecule has 2 fully saturated rings. The Morgan fingerprint density at radius 2 is 1.86 bits per heavy atom. The molecule has 0 unspecified atom stereocenters. The molecule has 1 saturated heterocycles. The van der Waals surface area contributed by atoms with E-state index in [1.165, 1.54) is 36.8 Å². The number of hydrogen-bond acceptors (Lipinski definition) is 4. The number of rotatable bonds is 5. The summed E-state index contributed by atoms with van der Waals surface area (Å²) in [5, 5.41) is 0. The van der Waals surface area contributed by atoms with Gasteiger partial charge >= 0.3 is 0 Å². The van der Waals surface area contributed by atoms with Crippen molar-refractivity contribution < 1.29 is 8.42 Å². The lowest BCUT2D eigenvalue weighted by molar-refractivity contribution is 0.201. The second kappa shape index (κ2) is 6.99. The van der Waals surface area contributed by atoms with E-state index in [4.69, 9.17) is 0 Å². The second-order valence-electron chi connectivity index (χ2n) is 6.73. The number of sulfonamides is 1. The van der Waals surface area contributed by atoms with Crippen molar-refractivity contribution in [1.82, 2.24) is 9.62 Å². The van der Waals surface area contributed by atoms with E-state index in [0.717, 1.165) is 38.4 Å². The Morgan fingerprint density at radius 1 is 1.18 bits per heavy atom. The van der Waals surface area contributed by atoms with E-state index in [9.17, 15) is 8.42 Å². The fourth-order valence-electron chi connectivity index (χ4n) is 3.64. The van der Waals surface area contributed by atoms with E-state index in [1.54, 1.807) is 4.88 Å². The SMILES string of the molecule is CS(=O)(=O)NC1CCN(Cc2ccc(C3CCCC3)s2)CC1. The van der Waals surface area contributed by atoms with Crippen LogP contribution in [-0.4, -0.2) is 38.7 Å². The smallest absolute Gasteiger partial charge is 0.208 e. The van der Waals surface area contributed by atoms with Gasteiger partial charge in [-0.15, -0.1) is 11.3 Å². The largest absolute Gasteiger partial charge is 0.298 e. The van der Waals surface area contributed by atoms with Gasteiger partial charge in [-0.1, -0.05) is 12.8 Å². The van der Waals surface area contributed by atoms with Crippen molar-refractivity contribution in [2.45, 2.75) is 57.0 Å². The van der Waals surface area contributed by atoms with E-state index in [1.807, 2.05) is 11.3 Å². The number of piperidine rings is 1. The van der Waals surface area contributed by atoms with Crippen LogP contribution in [0.4, 0.5) is 0 Å². The van der Waals surface area contributed by atoms with Gasteiger partial charge in [-0.25, -0.2) is 13.1 Å². The Kier molecular flexibility index (Phi) is 5.22. The summed E-state index contributed by atoms with van der Waals surface area (Å²) in [6, 6.07) is 4.73. The molecule has 1 aliphatic heterocycles. The standard InChI is InChI=1S/C16H26N2O2S2/c1-22(19,20)17-14-8-10-18(11-9-14)12-15-6-7-16(21-15)13-4-2-3-5-13/h6-7,13-14,17H,2-5,8-12H2,1H3. The summed E-state index contributed by atoms with van der Waals surface area (Å²) in [4.78, 5) is 5.47. The molecule has 0 radical (unpaired) electrons. The van der Waals surface area contributed by atoms with Gasteiger partial charge in [0.05, 0.1) is 6.26 Å². The van der Waals surface area contributed by atoms with Crippen LogP contribution in [0.25, 0.3) is 0 Å². The lowest BCUT2D eigenvalue weighted by atomic mass is 10.1. The summed E-state index contributed by atoms with van der Waals surface area (Å²) >= 11 is 1.98. The molecule has 0 spiro atoms. The van der Waals surface area contributed by atoms with Crippen molar-refractivity contribution in [3.63, 3.8) is 0 Å². The maximum atomic E-state index is 11.3. The predicted octanol–water partition coefficient (Wildman–Crippen LogP) is 2.92. The quantitative estimate of drug-likeness (QED) is 0.895. The molecule has 1 aliphatic carbocycles. The van der Waals surface area contributed by atoms with Crippen LogP contribution in [0.15, 0.2) is 12.1 Å². The van der Waals surface area contributed by atoms with Crippen LogP contribution in [0, 0.1) is 0 Å². The van der Waals surface area contributed by atoms with Crippen LogP contribution in [-0.2, 0) is 16.6 Å². The zero-order valence-corrected chi connectivity index (χ0v) is 14.9. The molecule has 4 nitrogen and oxygen atoms in total. The number of thiophene rings is 1. The number of likely N-dealkylation sites (tertiary alicyclic amines) is 1. The molecule has 0 atom stereocenters. The summed E-state index contributed by atoms with van der Waals surface area (Å²) in [7, 11) is -3.07. The second-order valence-corrected chi connectivity index (χ2v) is 9.71. The molecule has 0 aromatic carbocycles. The van der Waals surface area contributed by atoms with Gasteiger partial charge in [0.1, 0.15) is 0 Å². The van der Waals surface area contributed by atoms with E-state index in [-0.39, 0.29) is 6.04 Å².